The van der Waals surface area contributed by atoms with Crippen LogP contribution in [0.2, 0.25) is 0 Å². The van der Waals surface area contributed by atoms with E-state index in [1.165, 1.54) is 10.1 Å². The van der Waals surface area contributed by atoms with Crippen LogP contribution >= 0.6 is 0 Å². The van der Waals surface area contributed by atoms with Crippen LogP contribution in [0.25, 0.3) is 11.0 Å². The molecule has 3 rings (SSSR count). The predicted octanol–water partition coefficient (Wildman–Crippen LogP) is 5.09. The van der Waals surface area contributed by atoms with Gasteiger partial charge in [0.1, 0.15) is 5.75 Å². The molecule has 3 aromatic rings. The van der Waals surface area contributed by atoms with Crippen LogP contribution in [-0.2, 0) is 19.1 Å². The number of hydrogen-bond acceptors (Lipinski definition) is 2. The molecule has 0 amide bonds. The van der Waals surface area contributed by atoms with E-state index in [1.54, 1.807) is 24.3 Å². The summed E-state index contributed by atoms with van der Waals surface area (Å²) in [6.07, 6.45) is -3.07. The van der Waals surface area contributed by atoms with E-state index >= 15 is 0 Å². The quantitative estimate of drug-likeness (QED) is 0.581. The van der Waals surface area contributed by atoms with Crippen LogP contribution in [0, 0.1) is 0 Å². The number of aryl methyl sites for hydroxylation is 2. The van der Waals surface area contributed by atoms with Gasteiger partial charge >= 0.3 is 6.18 Å². The Balaban J connectivity index is 1.68. The summed E-state index contributed by atoms with van der Waals surface area (Å²) in [6, 6.07) is 14.4. The van der Waals surface area contributed by atoms with Crippen LogP contribution < -0.4 is 4.74 Å². The van der Waals surface area contributed by atoms with Gasteiger partial charge in [0.15, 0.2) is 0 Å². The van der Waals surface area contributed by atoms with Crippen LogP contribution in [0.5, 0.6) is 5.75 Å². The highest BCUT2D eigenvalue weighted by molar-refractivity contribution is 5.76. The maximum atomic E-state index is 13.2. The van der Waals surface area contributed by atoms with Gasteiger partial charge in [-0.3, -0.25) is 0 Å². The van der Waals surface area contributed by atoms with Gasteiger partial charge in [0.05, 0.1) is 17.6 Å². The first-order valence-corrected chi connectivity index (χ1v) is 8.23. The Morgan fingerprint density at radius 3 is 2.44 bits per heavy atom. The summed E-state index contributed by atoms with van der Waals surface area (Å²) in [7, 11) is 0. The number of benzene rings is 2. The Labute approximate surface area is 144 Å². The molecule has 0 radical (unpaired) electrons. The van der Waals surface area contributed by atoms with Crippen molar-refractivity contribution in [3.8, 4) is 5.75 Å². The predicted molar refractivity (Wildman–Crippen MR) is 90.7 cm³/mol. The molecule has 6 heteroatoms. The first-order valence-electron chi connectivity index (χ1n) is 8.23. The zero-order valence-electron chi connectivity index (χ0n) is 13.9. The summed E-state index contributed by atoms with van der Waals surface area (Å²) >= 11 is 0. The molecule has 2 aromatic carbocycles. The summed E-state index contributed by atoms with van der Waals surface area (Å²) in [6.45, 7) is 2.61. The van der Waals surface area contributed by atoms with Gasteiger partial charge in [-0.05, 0) is 42.7 Å². The lowest BCUT2D eigenvalue weighted by Gasteiger charge is -2.12. The van der Waals surface area contributed by atoms with Crippen LogP contribution in [0.15, 0.2) is 48.5 Å². The fourth-order valence-electron chi connectivity index (χ4n) is 2.75. The van der Waals surface area contributed by atoms with Crippen molar-refractivity contribution in [3.05, 3.63) is 59.9 Å². The summed E-state index contributed by atoms with van der Waals surface area (Å²) in [4.78, 5) is 3.74. The van der Waals surface area contributed by atoms with Gasteiger partial charge in [-0.1, -0.05) is 31.2 Å². The number of aromatic nitrogens is 2. The molecule has 0 bridgehead atoms. The van der Waals surface area contributed by atoms with Crippen LogP contribution in [0.3, 0.4) is 0 Å². The van der Waals surface area contributed by atoms with Crippen molar-refractivity contribution in [3.63, 3.8) is 0 Å². The van der Waals surface area contributed by atoms with Crippen molar-refractivity contribution in [2.45, 2.75) is 32.5 Å². The third kappa shape index (κ3) is 3.95. The van der Waals surface area contributed by atoms with Crippen LogP contribution in [-0.4, -0.2) is 16.2 Å². The van der Waals surface area contributed by atoms with Gasteiger partial charge in [-0.25, -0.2) is 4.98 Å². The van der Waals surface area contributed by atoms with Crippen molar-refractivity contribution >= 4 is 11.0 Å². The van der Waals surface area contributed by atoms with Crippen molar-refractivity contribution in [1.82, 2.24) is 9.55 Å². The van der Waals surface area contributed by atoms with Gasteiger partial charge in [0, 0.05) is 6.54 Å². The van der Waals surface area contributed by atoms with Gasteiger partial charge in [0.2, 0.25) is 5.82 Å². The van der Waals surface area contributed by atoms with E-state index in [-0.39, 0.29) is 6.54 Å². The third-order valence-electron chi connectivity index (χ3n) is 4.03. The van der Waals surface area contributed by atoms with Gasteiger partial charge in [-0.15, -0.1) is 0 Å². The zero-order valence-corrected chi connectivity index (χ0v) is 13.9. The average Bonchev–Trinajstić information content (AvgIpc) is 2.98. The van der Waals surface area contributed by atoms with Crippen molar-refractivity contribution in [1.29, 1.82) is 0 Å². The molecule has 1 heterocycles. The summed E-state index contributed by atoms with van der Waals surface area (Å²) < 4.78 is 46.5. The molecule has 3 nitrogen and oxygen atoms in total. The zero-order chi connectivity index (χ0) is 17.9. The Bertz CT molecular complexity index is 838. The standard InChI is InChI=1S/C19H19F3N2O/c1-2-14-8-10-15(11-9-14)25-13-5-12-24-17-7-4-3-6-16(17)23-18(24)19(20,21)22/h3-4,6-11H,2,5,12-13H2,1H3. The number of imidazole rings is 1. The largest absolute Gasteiger partial charge is 0.494 e. The topological polar surface area (TPSA) is 27.1 Å². The molecule has 0 saturated carbocycles. The van der Waals surface area contributed by atoms with Gasteiger partial charge < -0.3 is 9.30 Å². The summed E-state index contributed by atoms with van der Waals surface area (Å²) in [5.74, 6) is -0.135. The first kappa shape index (κ1) is 17.3. The minimum Gasteiger partial charge on any atom is -0.494 e. The van der Waals surface area contributed by atoms with E-state index in [4.69, 9.17) is 4.74 Å². The molecule has 1 aromatic heterocycles. The summed E-state index contributed by atoms with van der Waals surface area (Å²) in [5, 5.41) is 0. The highest BCUT2D eigenvalue weighted by Gasteiger charge is 2.37. The highest BCUT2D eigenvalue weighted by atomic mass is 19.4. The van der Waals surface area contributed by atoms with E-state index in [9.17, 15) is 13.2 Å². The molecule has 132 valence electrons. The molecule has 0 N–H and O–H groups in total. The molecular weight excluding hydrogens is 329 g/mol. The molecule has 0 atom stereocenters. The molecular formula is C19H19F3N2O. The van der Waals surface area contributed by atoms with Gasteiger partial charge in [-0.2, -0.15) is 13.2 Å². The van der Waals surface area contributed by atoms with Gasteiger partial charge in [0.25, 0.3) is 0 Å². The van der Waals surface area contributed by atoms with Crippen molar-refractivity contribution in [2.24, 2.45) is 0 Å². The molecule has 25 heavy (non-hydrogen) atoms. The van der Waals surface area contributed by atoms with E-state index < -0.39 is 12.0 Å². The minimum atomic E-state index is -4.48. The van der Waals surface area contributed by atoms with Crippen molar-refractivity contribution in [2.75, 3.05) is 6.61 Å². The molecule has 0 unspecified atom stereocenters. The lowest BCUT2D eigenvalue weighted by Crippen LogP contribution is -2.16. The SMILES string of the molecule is CCc1ccc(OCCCn2c(C(F)(F)F)nc3ccccc32)cc1. The second-order valence-corrected chi connectivity index (χ2v) is 5.77. The van der Waals surface area contributed by atoms with E-state index in [0.29, 0.717) is 24.1 Å². The minimum absolute atomic E-state index is 0.197. The number of fused-ring (bicyclic) bond motifs is 1. The number of halogens is 3. The number of hydrogen-bond donors (Lipinski definition) is 0. The number of para-hydroxylation sites is 2. The number of nitrogens with zero attached hydrogens (tertiary/aromatic N) is 2. The maximum absolute atomic E-state index is 13.2. The smallest absolute Gasteiger partial charge is 0.449 e. The Morgan fingerprint density at radius 1 is 1.04 bits per heavy atom. The number of alkyl halides is 3. The van der Waals surface area contributed by atoms with Crippen molar-refractivity contribution < 1.29 is 17.9 Å². The molecule has 0 fully saturated rings. The normalized spacial score (nSPS) is 11.8. The van der Waals surface area contributed by atoms with E-state index in [1.807, 2.05) is 24.3 Å². The van der Waals surface area contributed by atoms with Crippen LogP contribution in [0.4, 0.5) is 13.2 Å². The molecule has 0 saturated heterocycles. The maximum Gasteiger partial charge on any atom is 0.449 e. The second-order valence-electron chi connectivity index (χ2n) is 5.77. The Kier molecular flexibility index (Phi) is 4.97. The molecule has 0 aliphatic carbocycles. The van der Waals surface area contributed by atoms with Crippen LogP contribution in [0.1, 0.15) is 24.7 Å². The van der Waals surface area contributed by atoms with E-state index in [2.05, 4.69) is 11.9 Å². The monoisotopic (exact) mass is 348 g/mol. The summed E-state index contributed by atoms with van der Waals surface area (Å²) in [5.41, 5.74) is 2.06. The third-order valence-corrected chi connectivity index (χ3v) is 4.03. The lowest BCUT2D eigenvalue weighted by atomic mass is 10.2. The highest BCUT2D eigenvalue weighted by Crippen LogP contribution is 2.31. The average molecular weight is 348 g/mol. The fraction of sp³-hybridized carbons (Fsp3) is 0.316. The lowest BCUT2D eigenvalue weighted by molar-refractivity contribution is -0.147. The first-order chi connectivity index (χ1) is 12.0. The Morgan fingerprint density at radius 2 is 1.76 bits per heavy atom. The fourth-order valence-corrected chi connectivity index (χ4v) is 2.75. The number of rotatable bonds is 6. The Hall–Kier alpha value is -2.50. The molecule has 0 spiro atoms. The van der Waals surface area contributed by atoms with E-state index in [0.717, 1.165) is 12.2 Å². The molecule has 0 aliphatic heterocycles. The second kappa shape index (κ2) is 7.17. The molecule has 0 aliphatic rings. The number of ether oxygens (including phenoxy) is 1.